The number of anilines is 1. The second-order valence-corrected chi connectivity index (χ2v) is 7.89. The Balaban J connectivity index is 2.30. The van der Waals surface area contributed by atoms with E-state index in [9.17, 15) is 13.2 Å². The first-order valence-electron chi connectivity index (χ1n) is 6.00. The minimum atomic E-state index is -3.78. The van der Waals surface area contributed by atoms with Gasteiger partial charge in [0.2, 0.25) is 0 Å². The predicted molar refractivity (Wildman–Crippen MR) is 84.9 cm³/mol. The molecule has 2 rings (SSSR count). The van der Waals surface area contributed by atoms with Gasteiger partial charge in [0.15, 0.2) is 0 Å². The molecule has 0 atom stereocenters. The highest BCUT2D eigenvalue weighted by molar-refractivity contribution is 7.99. The van der Waals surface area contributed by atoms with Crippen molar-refractivity contribution in [2.75, 3.05) is 10.5 Å². The van der Waals surface area contributed by atoms with E-state index in [2.05, 4.69) is 4.72 Å². The molecule has 21 heavy (non-hydrogen) atoms. The third-order valence-electron chi connectivity index (χ3n) is 2.53. The van der Waals surface area contributed by atoms with Gasteiger partial charge >= 0.3 is 5.97 Å². The summed E-state index contributed by atoms with van der Waals surface area (Å²) in [4.78, 5) is 11.6. The summed E-state index contributed by atoms with van der Waals surface area (Å²) in [6, 6.07) is 8.25. The number of rotatable bonds is 6. The van der Waals surface area contributed by atoms with E-state index in [-0.39, 0.29) is 9.77 Å². The highest BCUT2D eigenvalue weighted by atomic mass is 32.2. The van der Waals surface area contributed by atoms with E-state index < -0.39 is 16.0 Å². The molecule has 0 unspecified atom stereocenters. The molecule has 0 saturated heterocycles. The lowest BCUT2D eigenvalue weighted by Gasteiger charge is -2.10. The fraction of sp³-hybridized carbons (Fsp3) is 0.154. The Morgan fingerprint density at radius 2 is 2.10 bits per heavy atom. The van der Waals surface area contributed by atoms with Crippen LogP contribution in [0.3, 0.4) is 0 Å². The number of hydrogen-bond donors (Lipinski definition) is 2. The molecule has 1 heterocycles. The van der Waals surface area contributed by atoms with Crippen molar-refractivity contribution in [2.45, 2.75) is 16.7 Å². The number of carbonyl (C=O) groups is 1. The first-order valence-corrected chi connectivity index (χ1v) is 9.35. The molecule has 2 N–H and O–H groups in total. The highest BCUT2D eigenvalue weighted by Crippen LogP contribution is 2.29. The Hall–Kier alpha value is -1.51. The lowest BCUT2D eigenvalue weighted by Crippen LogP contribution is -2.12. The summed E-state index contributed by atoms with van der Waals surface area (Å²) < 4.78 is 27.1. The van der Waals surface area contributed by atoms with E-state index in [1.165, 1.54) is 17.1 Å². The zero-order chi connectivity index (χ0) is 15.5. The van der Waals surface area contributed by atoms with Crippen molar-refractivity contribution >= 4 is 44.8 Å². The first kappa shape index (κ1) is 15.9. The minimum Gasteiger partial charge on any atom is -0.477 e. The molecule has 2 aromatic rings. The lowest BCUT2D eigenvalue weighted by atomic mass is 10.3. The topological polar surface area (TPSA) is 83.5 Å². The summed E-state index contributed by atoms with van der Waals surface area (Å²) in [7, 11) is -3.78. The van der Waals surface area contributed by atoms with E-state index in [1.807, 2.05) is 19.1 Å². The Morgan fingerprint density at radius 3 is 2.71 bits per heavy atom. The fourth-order valence-electron chi connectivity index (χ4n) is 1.61. The van der Waals surface area contributed by atoms with Crippen molar-refractivity contribution < 1.29 is 18.3 Å². The Kier molecular flexibility index (Phi) is 4.92. The number of thioether (sulfide) groups is 1. The summed E-state index contributed by atoms with van der Waals surface area (Å²) in [6.45, 7) is 1.98. The van der Waals surface area contributed by atoms with Crippen LogP contribution in [0, 0.1) is 0 Å². The van der Waals surface area contributed by atoms with E-state index in [0.29, 0.717) is 5.69 Å². The molecule has 8 heteroatoms. The van der Waals surface area contributed by atoms with Gasteiger partial charge in [0.05, 0.1) is 10.6 Å². The van der Waals surface area contributed by atoms with E-state index in [0.717, 1.165) is 28.1 Å². The molecule has 0 spiro atoms. The molecule has 0 aliphatic rings. The quantitative estimate of drug-likeness (QED) is 0.786. The van der Waals surface area contributed by atoms with Gasteiger partial charge in [-0.3, -0.25) is 4.72 Å². The van der Waals surface area contributed by atoms with E-state index >= 15 is 0 Å². The van der Waals surface area contributed by atoms with Crippen molar-refractivity contribution in [1.29, 1.82) is 0 Å². The molecule has 0 bridgehead atoms. The number of hydrogen-bond acceptors (Lipinski definition) is 5. The number of thiophene rings is 1. The molecule has 0 fully saturated rings. The average molecular weight is 343 g/mol. The van der Waals surface area contributed by atoms with Crippen molar-refractivity contribution in [3.05, 3.63) is 40.6 Å². The van der Waals surface area contributed by atoms with Crippen LogP contribution in [0.5, 0.6) is 0 Å². The van der Waals surface area contributed by atoms with Gasteiger partial charge in [0.25, 0.3) is 10.0 Å². The van der Waals surface area contributed by atoms with Gasteiger partial charge in [0.1, 0.15) is 4.88 Å². The smallest absolute Gasteiger partial charge is 0.345 e. The first-order chi connectivity index (χ1) is 9.94. The Labute approximate surface area is 131 Å². The van der Waals surface area contributed by atoms with Gasteiger partial charge in [0, 0.05) is 10.3 Å². The molecule has 112 valence electrons. The fourth-order valence-corrected chi connectivity index (χ4v) is 4.62. The van der Waals surface area contributed by atoms with Gasteiger partial charge in [-0.15, -0.1) is 23.1 Å². The van der Waals surface area contributed by atoms with Gasteiger partial charge in [-0.1, -0.05) is 19.1 Å². The Bertz CT molecular complexity index is 752. The number of carboxylic acids is 1. The van der Waals surface area contributed by atoms with Crippen LogP contribution in [0.4, 0.5) is 5.69 Å². The van der Waals surface area contributed by atoms with Crippen LogP contribution in [-0.4, -0.2) is 25.2 Å². The van der Waals surface area contributed by atoms with Crippen molar-refractivity contribution in [1.82, 2.24) is 0 Å². The number of carboxylic acid groups (broad SMARTS) is 1. The zero-order valence-electron chi connectivity index (χ0n) is 11.1. The van der Waals surface area contributed by atoms with Gasteiger partial charge in [-0.05, 0) is 24.0 Å². The van der Waals surface area contributed by atoms with Crippen LogP contribution in [0.2, 0.25) is 0 Å². The summed E-state index contributed by atoms with van der Waals surface area (Å²) in [5.41, 5.74) is 0.493. The van der Waals surface area contributed by atoms with Crippen molar-refractivity contribution in [2.24, 2.45) is 0 Å². The maximum atomic E-state index is 12.3. The molecule has 0 aliphatic carbocycles. The van der Waals surface area contributed by atoms with E-state index in [4.69, 9.17) is 5.11 Å². The largest absolute Gasteiger partial charge is 0.477 e. The predicted octanol–water partition coefficient (Wildman–Crippen LogP) is 3.36. The van der Waals surface area contributed by atoms with Crippen molar-refractivity contribution in [3.8, 4) is 0 Å². The third kappa shape index (κ3) is 3.78. The molecular weight excluding hydrogens is 330 g/mol. The van der Waals surface area contributed by atoms with Gasteiger partial charge < -0.3 is 5.11 Å². The van der Waals surface area contributed by atoms with Crippen LogP contribution in [0.1, 0.15) is 16.6 Å². The summed E-state index contributed by atoms with van der Waals surface area (Å²) in [5, 5.41) is 10.2. The maximum Gasteiger partial charge on any atom is 0.345 e. The Morgan fingerprint density at radius 1 is 1.38 bits per heavy atom. The molecule has 5 nitrogen and oxygen atoms in total. The number of para-hydroxylation sites is 1. The normalized spacial score (nSPS) is 11.3. The highest BCUT2D eigenvalue weighted by Gasteiger charge is 2.19. The number of nitrogens with one attached hydrogen (secondary N) is 1. The number of sulfonamides is 1. The standard InChI is InChI=1S/C13H13NO4S3/c1-2-19-11-6-4-3-5-10(11)14-21(17,18)9-7-12(13(15)16)20-8-9/h3-8,14H,2H2,1H3,(H,15,16). The maximum absolute atomic E-state index is 12.3. The minimum absolute atomic E-state index is 0.00778. The monoisotopic (exact) mass is 343 g/mol. The van der Waals surface area contributed by atoms with E-state index in [1.54, 1.807) is 12.1 Å². The SMILES string of the molecule is CCSc1ccccc1NS(=O)(=O)c1csc(C(=O)O)c1. The number of benzene rings is 1. The second-order valence-electron chi connectivity index (χ2n) is 3.99. The van der Waals surface area contributed by atoms with Crippen LogP contribution in [-0.2, 0) is 10.0 Å². The van der Waals surface area contributed by atoms with Crippen molar-refractivity contribution in [3.63, 3.8) is 0 Å². The van der Waals surface area contributed by atoms with Crippen LogP contribution < -0.4 is 4.72 Å². The average Bonchev–Trinajstić information content (AvgIpc) is 2.92. The van der Waals surface area contributed by atoms with Gasteiger partial charge in [-0.25, -0.2) is 13.2 Å². The molecule has 1 aromatic carbocycles. The van der Waals surface area contributed by atoms with Crippen LogP contribution >= 0.6 is 23.1 Å². The molecule has 0 saturated carbocycles. The van der Waals surface area contributed by atoms with Crippen LogP contribution in [0.25, 0.3) is 0 Å². The molecular formula is C13H13NO4S3. The third-order valence-corrected chi connectivity index (χ3v) is 5.90. The summed E-state index contributed by atoms with van der Waals surface area (Å²) in [6.07, 6.45) is 0. The lowest BCUT2D eigenvalue weighted by molar-refractivity contribution is 0.0702. The van der Waals surface area contributed by atoms with Gasteiger partial charge in [-0.2, -0.15) is 0 Å². The number of aromatic carboxylic acids is 1. The molecule has 1 aromatic heterocycles. The molecule has 0 aliphatic heterocycles. The molecule has 0 amide bonds. The molecule has 0 radical (unpaired) electrons. The zero-order valence-corrected chi connectivity index (χ0v) is 13.5. The van der Waals surface area contributed by atoms with Crippen LogP contribution in [0.15, 0.2) is 45.5 Å². The summed E-state index contributed by atoms with van der Waals surface area (Å²) in [5.74, 6) is -0.316. The summed E-state index contributed by atoms with van der Waals surface area (Å²) >= 11 is 2.42. The second kappa shape index (κ2) is 6.50.